The second kappa shape index (κ2) is 4.83. The molecule has 0 radical (unpaired) electrons. The smallest absolute Gasteiger partial charge is 0.243 e. The third-order valence-electron chi connectivity index (χ3n) is 2.96. The monoisotopic (exact) mass is 273 g/mol. The van der Waals surface area contributed by atoms with E-state index in [4.69, 9.17) is 5.73 Å². The van der Waals surface area contributed by atoms with Gasteiger partial charge in [0.25, 0.3) is 0 Å². The van der Waals surface area contributed by atoms with Crippen LogP contribution in [-0.2, 0) is 10.0 Å². The van der Waals surface area contributed by atoms with Crippen LogP contribution in [0.4, 0.5) is 10.1 Å². The number of likely N-dealkylation sites (tertiary alicyclic amines) is 1. The van der Waals surface area contributed by atoms with Crippen molar-refractivity contribution < 1.29 is 12.8 Å². The molecule has 1 unspecified atom stereocenters. The molecule has 0 spiro atoms. The minimum Gasteiger partial charge on any atom is -0.399 e. The average Bonchev–Trinajstić information content (AvgIpc) is 2.62. The molecule has 7 heteroatoms. The van der Waals surface area contributed by atoms with Crippen LogP contribution < -0.4 is 10.5 Å². The fourth-order valence-electron chi connectivity index (χ4n) is 2.05. The van der Waals surface area contributed by atoms with Gasteiger partial charge in [-0.3, -0.25) is 0 Å². The maximum atomic E-state index is 13.6. The number of hydrogen-bond donors (Lipinski definition) is 2. The summed E-state index contributed by atoms with van der Waals surface area (Å²) >= 11 is 0. The third kappa shape index (κ3) is 2.80. The minimum atomic E-state index is -3.82. The molecule has 3 N–H and O–H groups in total. The Morgan fingerprint density at radius 2 is 2.22 bits per heavy atom. The molecule has 1 heterocycles. The molecule has 1 aromatic rings. The van der Waals surface area contributed by atoms with Gasteiger partial charge in [-0.2, -0.15) is 0 Å². The van der Waals surface area contributed by atoms with Crippen LogP contribution in [0.5, 0.6) is 0 Å². The summed E-state index contributed by atoms with van der Waals surface area (Å²) in [4.78, 5) is 1.67. The van der Waals surface area contributed by atoms with Gasteiger partial charge in [0.15, 0.2) is 0 Å². The van der Waals surface area contributed by atoms with E-state index in [9.17, 15) is 12.8 Å². The van der Waals surface area contributed by atoms with Crippen LogP contribution in [0.3, 0.4) is 0 Å². The number of anilines is 1. The van der Waals surface area contributed by atoms with Crippen LogP contribution in [0, 0.1) is 5.82 Å². The molecule has 0 bridgehead atoms. The first kappa shape index (κ1) is 13.3. The molecular weight excluding hydrogens is 257 g/mol. The van der Waals surface area contributed by atoms with Crippen LogP contribution in [0.1, 0.15) is 6.42 Å². The molecule has 18 heavy (non-hydrogen) atoms. The highest BCUT2D eigenvalue weighted by Crippen LogP contribution is 2.18. The number of likely N-dealkylation sites (N-methyl/N-ethyl adjacent to an activating group) is 1. The first-order chi connectivity index (χ1) is 8.38. The Morgan fingerprint density at radius 1 is 1.50 bits per heavy atom. The number of nitrogen functional groups attached to an aromatic ring is 1. The van der Waals surface area contributed by atoms with Crippen molar-refractivity contribution in [2.24, 2.45) is 0 Å². The lowest BCUT2D eigenvalue weighted by Gasteiger charge is -2.13. The topological polar surface area (TPSA) is 75.4 Å². The van der Waals surface area contributed by atoms with Crippen LogP contribution in [0.25, 0.3) is 0 Å². The van der Waals surface area contributed by atoms with E-state index < -0.39 is 15.8 Å². The van der Waals surface area contributed by atoms with Crippen LogP contribution >= 0.6 is 0 Å². The van der Waals surface area contributed by atoms with E-state index in [1.165, 1.54) is 12.1 Å². The summed E-state index contributed by atoms with van der Waals surface area (Å²) in [5, 5.41) is 0. The first-order valence-corrected chi connectivity index (χ1v) is 7.13. The van der Waals surface area contributed by atoms with Gasteiger partial charge in [-0.25, -0.2) is 17.5 Å². The minimum absolute atomic E-state index is 0.169. The van der Waals surface area contributed by atoms with Gasteiger partial charge in [0.05, 0.1) is 0 Å². The second-order valence-electron chi connectivity index (χ2n) is 4.56. The van der Waals surface area contributed by atoms with Crippen LogP contribution in [0.2, 0.25) is 0 Å². The number of nitrogens with two attached hydrogens (primary N) is 1. The summed E-state index contributed by atoms with van der Waals surface area (Å²) < 4.78 is 40.1. The maximum absolute atomic E-state index is 13.6. The highest BCUT2D eigenvalue weighted by atomic mass is 32.2. The van der Waals surface area contributed by atoms with Gasteiger partial charge in [-0.05, 0) is 38.2 Å². The van der Waals surface area contributed by atoms with Gasteiger partial charge in [0.1, 0.15) is 10.7 Å². The predicted molar refractivity (Wildman–Crippen MR) is 67.0 cm³/mol. The molecule has 1 aliphatic heterocycles. The predicted octanol–water partition coefficient (Wildman–Crippen LogP) is 0.390. The average molecular weight is 273 g/mol. The SMILES string of the molecule is CN1CCC(NS(=O)(=O)c2ccc(N)cc2F)C1. The molecular formula is C11H16FN3O2S. The lowest BCUT2D eigenvalue weighted by Crippen LogP contribution is -2.36. The molecule has 0 amide bonds. The largest absolute Gasteiger partial charge is 0.399 e. The maximum Gasteiger partial charge on any atom is 0.243 e. The van der Waals surface area contributed by atoms with E-state index in [1.807, 2.05) is 11.9 Å². The zero-order valence-corrected chi connectivity index (χ0v) is 10.9. The number of halogens is 1. The fourth-order valence-corrected chi connectivity index (χ4v) is 3.37. The zero-order chi connectivity index (χ0) is 13.3. The van der Waals surface area contributed by atoms with Crippen molar-refractivity contribution in [3.05, 3.63) is 24.0 Å². The zero-order valence-electron chi connectivity index (χ0n) is 10.1. The van der Waals surface area contributed by atoms with Crippen molar-refractivity contribution in [2.45, 2.75) is 17.4 Å². The van der Waals surface area contributed by atoms with Gasteiger partial charge in [0.2, 0.25) is 10.0 Å². The van der Waals surface area contributed by atoms with Crippen molar-refractivity contribution in [1.29, 1.82) is 0 Å². The van der Waals surface area contributed by atoms with Crippen LogP contribution in [0.15, 0.2) is 23.1 Å². The molecule has 5 nitrogen and oxygen atoms in total. The van der Waals surface area contributed by atoms with Gasteiger partial charge < -0.3 is 10.6 Å². The Bertz CT molecular complexity index is 547. The van der Waals surface area contributed by atoms with E-state index in [-0.39, 0.29) is 16.6 Å². The molecule has 1 atom stereocenters. The van der Waals surface area contributed by atoms with Gasteiger partial charge in [-0.1, -0.05) is 0 Å². The number of rotatable bonds is 3. The molecule has 1 saturated heterocycles. The van der Waals surface area contributed by atoms with E-state index in [0.29, 0.717) is 6.54 Å². The fraction of sp³-hybridized carbons (Fsp3) is 0.455. The van der Waals surface area contributed by atoms with E-state index in [0.717, 1.165) is 19.0 Å². The number of nitrogens with one attached hydrogen (secondary N) is 1. The van der Waals surface area contributed by atoms with Crippen molar-refractivity contribution in [3.8, 4) is 0 Å². The number of sulfonamides is 1. The molecule has 100 valence electrons. The Kier molecular flexibility index (Phi) is 3.56. The van der Waals surface area contributed by atoms with Crippen molar-refractivity contribution >= 4 is 15.7 Å². The summed E-state index contributed by atoms with van der Waals surface area (Å²) in [5.41, 5.74) is 5.59. The van der Waals surface area contributed by atoms with Gasteiger partial charge >= 0.3 is 0 Å². The quantitative estimate of drug-likeness (QED) is 0.781. The molecule has 1 aromatic carbocycles. The highest BCUT2D eigenvalue weighted by Gasteiger charge is 2.27. The Labute approximate surface area is 106 Å². The molecule has 1 aliphatic rings. The first-order valence-electron chi connectivity index (χ1n) is 5.64. The number of benzene rings is 1. The highest BCUT2D eigenvalue weighted by molar-refractivity contribution is 7.89. The lowest BCUT2D eigenvalue weighted by molar-refractivity contribution is 0.407. The van der Waals surface area contributed by atoms with E-state index >= 15 is 0 Å². The third-order valence-corrected chi connectivity index (χ3v) is 4.51. The molecule has 0 saturated carbocycles. The summed E-state index contributed by atoms with van der Waals surface area (Å²) in [6.07, 6.45) is 0.728. The number of nitrogens with zero attached hydrogens (tertiary/aromatic N) is 1. The lowest BCUT2D eigenvalue weighted by atomic mass is 10.3. The standard InChI is InChI=1S/C11H16FN3O2S/c1-15-5-4-9(7-15)14-18(16,17)11-3-2-8(13)6-10(11)12/h2-3,6,9,14H,4-5,7,13H2,1H3. The summed E-state index contributed by atoms with van der Waals surface area (Å²) in [5.74, 6) is -0.825. The summed E-state index contributed by atoms with van der Waals surface area (Å²) in [6.45, 7) is 1.47. The van der Waals surface area contributed by atoms with Crippen molar-refractivity contribution in [3.63, 3.8) is 0 Å². The summed E-state index contributed by atoms with van der Waals surface area (Å²) in [6, 6.07) is 3.40. The van der Waals surface area contributed by atoms with E-state index in [1.54, 1.807) is 0 Å². The van der Waals surface area contributed by atoms with Gasteiger partial charge in [0, 0.05) is 18.3 Å². The molecule has 1 fully saturated rings. The normalized spacial score (nSPS) is 21.3. The van der Waals surface area contributed by atoms with Crippen molar-refractivity contribution in [1.82, 2.24) is 9.62 Å². The molecule has 0 aromatic heterocycles. The Morgan fingerprint density at radius 3 is 2.78 bits per heavy atom. The molecule has 2 rings (SSSR count). The number of hydrogen-bond acceptors (Lipinski definition) is 4. The van der Waals surface area contributed by atoms with Crippen molar-refractivity contribution in [2.75, 3.05) is 25.9 Å². The molecule has 0 aliphatic carbocycles. The van der Waals surface area contributed by atoms with Gasteiger partial charge in [-0.15, -0.1) is 0 Å². The Balaban J connectivity index is 2.20. The van der Waals surface area contributed by atoms with Crippen LogP contribution in [-0.4, -0.2) is 39.5 Å². The van der Waals surface area contributed by atoms with E-state index in [2.05, 4.69) is 4.72 Å². The Hall–Kier alpha value is -1.18. The summed E-state index contributed by atoms with van der Waals surface area (Å²) in [7, 11) is -1.91. The second-order valence-corrected chi connectivity index (χ2v) is 6.24.